The van der Waals surface area contributed by atoms with Crippen LogP contribution in [0.3, 0.4) is 0 Å². The minimum Gasteiger partial charge on any atom is -0.355 e. The van der Waals surface area contributed by atoms with Crippen LogP contribution in [0.2, 0.25) is 19.6 Å². The van der Waals surface area contributed by atoms with Crippen molar-refractivity contribution in [3.8, 4) is 0 Å². The Morgan fingerprint density at radius 1 is 1.07 bits per heavy atom. The third-order valence-corrected chi connectivity index (χ3v) is 6.94. The number of benzene rings is 2. The van der Waals surface area contributed by atoms with Gasteiger partial charge in [-0.2, -0.15) is 0 Å². The number of carbonyl (C=O) groups excluding carboxylic acids is 1. The van der Waals surface area contributed by atoms with Gasteiger partial charge in [0.1, 0.15) is 6.17 Å². The van der Waals surface area contributed by atoms with Gasteiger partial charge in [-0.15, -0.1) is 0 Å². The number of fused-ring (bicyclic) bond motifs is 6. The maximum atomic E-state index is 13.3. The Morgan fingerprint density at radius 3 is 2.63 bits per heavy atom. The number of hydrogen-bond acceptors (Lipinski definition) is 2. The van der Waals surface area contributed by atoms with Crippen LogP contribution in [0.25, 0.3) is 10.9 Å². The second-order valence-corrected chi connectivity index (χ2v) is 14.3. The lowest BCUT2D eigenvalue weighted by Crippen LogP contribution is -2.55. The molecule has 3 heterocycles. The van der Waals surface area contributed by atoms with E-state index in [0.29, 0.717) is 0 Å². The Labute approximate surface area is 160 Å². The van der Waals surface area contributed by atoms with Crippen molar-refractivity contribution in [2.45, 2.75) is 32.2 Å². The van der Waals surface area contributed by atoms with E-state index in [0.717, 1.165) is 30.4 Å². The molecule has 1 amide bonds. The molecule has 0 radical (unpaired) electrons. The smallest absolute Gasteiger partial charge is 0.257 e. The molecule has 0 saturated carbocycles. The van der Waals surface area contributed by atoms with E-state index < -0.39 is 8.07 Å². The van der Waals surface area contributed by atoms with Crippen molar-refractivity contribution in [3.63, 3.8) is 0 Å². The number of rotatable bonds is 2. The highest BCUT2D eigenvalue weighted by molar-refractivity contribution is 6.76. The molecule has 2 aromatic carbocycles. The van der Waals surface area contributed by atoms with Crippen LogP contribution < -0.4 is 4.90 Å². The molecule has 1 N–H and O–H groups in total. The fourth-order valence-corrected chi connectivity index (χ4v) is 6.00. The number of H-pyrrole nitrogens is 1. The third kappa shape index (κ3) is 2.52. The van der Waals surface area contributed by atoms with Crippen LogP contribution in [-0.4, -0.2) is 36.6 Å². The number of para-hydroxylation sites is 2. The van der Waals surface area contributed by atoms with Gasteiger partial charge in [-0.1, -0.05) is 50.0 Å². The van der Waals surface area contributed by atoms with E-state index in [2.05, 4.69) is 64.8 Å². The van der Waals surface area contributed by atoms with Crippen molar-refractivity contribution in [2.24, 2.45) is 0 Å². The van der Waals surface area contributed by atoms with Crippen molar-refractivity contribution in [1.82, 2.24) is 9.88 Å². The van der Waals surface area contributed by atoms with Crippen LogP contribution in [0, 0.1) is 0 Å². The number of hydrogen-bond donors (Lipinski definition) is 1. The quantitative estimate of drug-likeness (QED) is 0.667. The van der Waals surface area contributed by atoms with Crippen molar-refractivity contribution < 1.29 is 4.79 Å². The molecule has 0 aliphatic carbocycles. The summed E-state index contributed by atoms with van der Waals surface area (Å²) in [6.07, 6.45) is 1.90. The van der Waals surface area contributed by atoms with Crippen LogP contribution in [0.5, 0.6) is 0 Å². The van der Waals surface area contributed by atoms with Gasteiger partial charge < -0.3 is 14.8 Å². The number of anilines is 1. The fourth-order valence-electron chi connectivity index (χ4n) is 4.63. The lowest BCUT2D eigenvalue weighted by atomic mass is 9.96. The van der Waals surface area contributed by atoms with Crippen LogP contribution in [0.15, 0.2) is 48.5 Å². The average molecular weight is 376 g/mol. The first-order chi connectivity index (χ1) is 12.9. The first-order valence-corrected chi connectivity index (χ1v) is 13.4. The molecule has 0 saturated heterocycles. The Kier molecular flexibility index (Phi) is 3.53. The summed E-state index contributed by atoms with van der Waals surface area (Å²) in [5, 5.41) is 1.30. The molecule has 3 aromatic rings. The number of nitrogens with one attached hydrogen (secondary N) is 1. The Balaban J connectivity index is 1.74. The van der Waals surface area contributed by atoms with Gasteiger partial charge in [0.25, 0.3) is 5.91 Å². The topological polar surface area (TPSA) is 39.3 Å². The molecule has 5 heteroatoms. The minimum atomic E-state index is -1.40. The normalized spacial score (nSPS) is 19.1. The highest BCUT2D eigenvalue weighted by Crippen LogP contribution is 2.44. The highest BCUT2D eigenvalue weighted by Gasteiger charge is 2.43. The van der Waals surface area contributed by atoms with Crippen molar-refractivity contribution in [2.75, 3.05) is 17.6 Å². The van der Waals surface area contributed by atoms with Crippen LogP contribution in [0.1, 0.15) is 27.8 Å². The number of aromatic amines is 1. The van der Waals surface area contributed by atoms with E-state index in [1.54, 1.807) is 0 Å². The van der Waals surface area contributed by atoms with E-state index >= 15 is 0 Å². The van der Waals surface area contributed by atoms with Crippen molar-refractivity contribution >= 4 is 30.6 Å². The van der Waals surface area contributed by atoms with Crippen LogP contribution in [-0.2, 0) is 6.42 Å². The molecule has 0 fully saturated rings. The van der Waals surface area contributed by atoms with Crippen molar-refractivity contribution in [1.29, 1.82) is 0 Å². The van der Waals surface area contributed by atoms with Crippen LogP contribution >= 0.6 is 0 Å². The standard InChI is InChI=1S/C22H25N3OSi/c1-27(2,3)14-25-19-11-7-5-9-17(19)22(26)24-13-12-16-15-8-4-6-10-18(15)23-20(16)21(24)25/h4-11,21,23H,12-14H2,1-3H3. The summed E-state index contributed by atoms with van der Waals surface area (Å²) >= 11 is 0. The predicted octanol–water partition coefficient (Wildman–Crippen LogP) is 4.56. The molecule has 1 unspecified atom stereocenters. The zero-order valence-electron chi connectivity index (χ0n) is 16.1. The zero-order valence-corrected chi connectivity index (χ0v) is 17.1. The summed E-state index contributed by atoms with van der Waals surface area (Å²) in [5.74, 6) is 0.159. The molecule has 1 atom stereocenters. The summed E-state index contributed by atoms with van der Waals surface area (Å²) in [6.45, 7) is 7.96. The van der Waals surface area contributed by atoms with Crippen LogP contribution in [0.4, 0.5) is 5.69 Å². The van der Waals surface area contributed by atoms with Gasteiger partial charge in [-0.3, -0.25) is 4.79 Å². The molecular formula is C22H25N3OSi. The maximum absolute atomic E-state index is 13.3. The molecule has 5 rings (SSSR count). The van der Waals surface area contributed by atoms with E-state index in [1.165, 1.54) is 22.2 Å². The third-order valence-electron chi connectivity index (χ3n) is 5.65. The van der Waals surface area contributed by atoms with Gasteiger partial charge >= 0.3 is 0 Å². The second kappa shape index (κ2) is 5.73. The number of nitrogens with zero attached hydrogens (tertiary/aromatic N) is 2. The highest BCUT2D eigenvalue weighted by atomic mass is 28.3. The minimum absolute atomic E-state index is 0.0322. The Bertz CT molecular complexity index is 1050. The molecular weight excluding hydrogens is 350 g/mol. The van der Waals surface area contributed by atoms with Crippen molar-refractivity contribution in [3.05, 3.63) is 65.4 Å². The van der Waals surface area contributed by atoms with Gasteiger partial charge in [0, 0.05) is 23.6 Å². The first-order valence-electron chi connectivity index (χ1n) is 9.70. The zero-order chi connectivity index (χ0) is 18.8. The molecule has 1 aromatic heterocycles. The number of carbonyl (C=O) groups is 1. The molecule has 27 heavy (non-hydrogen) atoms. The van der Waals surface area contributed by atoms with E-state index in [9.17, 15) is 4.79 Å². The van der Waals surface area contributed by atoms with Gasteiger partial charge in [0.05, 0.1) is 25.0 Å². The monoisotopic (exact) mass is 375 g/mol. The van der Waals surface area contributed by atoms with Gasteiger partial charge in [-0.25, -0.2) is 0 Å². The second-order valence-electron chi connectivity index (χ2n) is 8.89. The summed E-state index contributed by atoms with van der Waals surface area (Å²) in [7, 11) is -1.40. The van der Waals surface area contributed by atoms with E-state index in [4.69, 9.17) is 0 Å². The molecule has 2 aliphatic rings. The molecule has 138 valence electrons. The molecule has 0 spiro atoms. The predicted molar refractivity (Wildman–Crippen MR) is 113 cm³/mol. The summed E-state index contributed by atoms with van der Waals surface area (Å²) in [4.78, 5) is 21.5. The largest absolute Gasteiger partial charge is 0.355 e. The van der Waals surface area contributed by atoms with Gasteiger partial charge in [0.15, 0.2) is 0 Å². The first kappa shape index (κ1) is 16.6. The summed E-state index contributed by atoms with van der Waals surface area (Å²) in [6, 6.07) is 16.6. The number of amides is 1. The summed E-state index contributed by atoms with van der Waals surface area (Å²) in [5.41, 5.74) is 5.66. The van der Waals surface area contributed by atoms with Gasteiger partial charge in [0.2, 0.25) is 0 Å². The lowest BCUT2D eigenvalue weighted by molar-refractivity contribution is 0.0632. The summed E-state index contributed by atoms with van der Waals surface area (Å²) < 4.78 is 0. The van der Waals surface area contributed by atoms with E-state index in [-0.39, 0.29) is 12.1 Å². The average Bonchev–Trinajstić information content (AvgIpc) is 3.02. The maximum Gasteiger partial charge on any atom is 0.257 e. The Morgan fingerprint density at radius 2 is 1.81 bits per heavy atom. The number of aromatic nitrogens is 1. The van der Waals surface area contributed by atoms with Gasteiger partial charge in [-0.05, 0) is 30.2 Å². The molecule has 4 nitrogen and oxygen atoms in total. The Hall–Kier alpha value is -2.53. The van der Waals surface area contributed by atoms with E-state index in [1.807, 2.05) is 18.2 Å². The molecule has 0 bridgehead atoms. The fraction of sp³-hybridized carbons (Fsp3) is 0.318. The molecule has 2 aliphatic heterocycles. The SMILES string of the molecule is C[Si](C)(C)CN1c2ccccc2C(=O)N2CCc3c([nH]c4ccccc34)C21. The lowest BCUT2D eigenvalue weighted by Gasteiger charge is -2.49.